The van der Waals surface area contributed by atoms with Crippen molar-refractivity contribution in [3.8, 4) is 11.6 Å². The van der Waals surface area contributed by atoms with Gasteiger partial charge in [-0.25, -0.2) is 0 Å². The molecule has 1 fully saturated rings. The number of carbonyl (C=O) groups excluding carboxylic acids is 1. The van der Waals surface area contributed by atoms with Crippen LogP contribution in [0.2, 0.25) is 5.02 Å². The van der Waals surface area contributed by atoms with Gasteiger partial charge in [-0.1, -0.05) is 24.6 Å². The van der Waals surface area contributed by atoms with Gasteiger partial charge in [-0.2, -0.15) is 4.68 Å². The number of ether oxygens (including phenoxy) is 1. The molecule has 2 aromatic rings. The second kappa shape index (κ2) is 7.27. The molecule has 3 rings (SSSR count). The van der Waals surface area contributed by atoms with E-state index in [9.17, 15) is 9.59 Å². The van der Waals surface area contributed by atoms with E-state index in [-0.39, 0.29) is 23.4 Å². The van der Waals surface area contributed by atoms with E-state index in [0.717, 1.165) is 18.4 Å². The van der Waals surface area contributed by atoms with Crippen LogP contribution in [0.25, 0.3) is 5.69 Å². The molecule has 1 aromatic carbocycles. The van der Waals surface area contributed by atoms with Crippen molar-refractivity contribution in [3.63, 3.8) is 0 Å². The largest absolute Gasteiger partial charge is 0.463 e. The fourth-order valence-electron chi connectivity index (χ4n) is 2.43. The zero-order valence-electron chi connectivity index (χ0n) is 14.2. The molecule has 0 saturated heterocycles. The molecular weight excluding hydrogens is 342 g/mol. The Morgan fingerprint density at radius 3 is 2.84 bits per heavy atom. The van der Waals surface area contributed by atoms with Crippen molar-refractivity contribution < 1.29 is 9.53 Å². The van der Waals surface area contributed by atoms with Crippen molar-refractivity contribution in [1.29, 1.82) is 0 Å². The first kappa shape index (κ1) is 17.5. The minimum atomic E-state index is -0.639. The lowest BCUT2D eigenvalue weighted by Gasteiger charge is -2.17. The topological polar surface area (TPSA) is 73.2 Å². The summed E-state index contributed by atoms with van der Waals surface area (Å²) in [5, 5.41) is 7.68. The van der Waals surface area contributed by atoms with Crippen LogP contribution in [0.4, 0.5) is 0 Å². The number of carbonyl (C=O) groups is 1. The average molecular weight is 362 g/mol. The van der Waals surface area contributed by atoms with Gasteiger partial charge in [0, 0.05) is 23.2 Å². The number of aryl methyl sites for hydroxylation is 1. The normalized spacial score (nSPS) is 14.8. The first-order valence-electron chi connectivity index (χ1n) is 8.32. The maximum atomic E-state index is 12.2. The van der Waals surface area contributed by atoms with Crippen molar-refractivity contribution in [3.05, 3.63) is 51.3 Å². The van der Waals surface area contributed by atoms with Crippen LogP contribution in [0.1, 0.15) is 31.7 Å². The van der Waals surface area contributed by atoms with E-state index >= 15 is 0 Å². The van der Waals surface area contributed by atoms with Gasteiger partial charge in [-0.3, -0.25) is 9.59 Å². The van der Waals surface area contributed by atoms with Crippen LogP contribution < -0.4 is 15.6 Å². The number of benzene rings is 1. The van der Waals surface area contributed by atoms with E-state index in [2.05, 4.69) is 10.4 Å². The quantitative estimate of drug-likeness (QED) is 0.858. The number of nitrogens with one attached hydrogen (secondary N) is 1. The molecule has 1 aliphatic rings. The van der Waals surface area contributed by atoms with Crippen LogP contribution in [0.5, 0.6) is 5.88 Å². The predicted molar refractivity (Wildman–Crippen MR) is 95.5 cm³/mol. The maximum Gasteiger partial charge on any atom is 0.271 e. The molecule has 1 heterocycles. The van der Waals surface area contributed by atoms with Crippen molar-refractivity contribution in [2.24, 2.45) is 0 Å². The second-order valence-corrected chi connectivity index (χ2v) is 6.59. The van der Waals surface area contributed by atoms with Crippen LogP contribution in [0.3, 0.4) is 0 Å². The molecule has 0 radical (unpaired) electrons. The summed E-state index contributed by atoms with van der Waals surface area (Å²) in [5.41, 5.74) is 1.14. The smallest absolute Gasteiger partial charge is 0.271 e. The SMILES string of the molecule is CC[C@H](Oc1ccc(=O)n(-c2cc(Cl)ccc2C)n1)C(=O)NC1CC1. The van der Waals surface area contributed by atoms with Crippen LogP contribution in [0, 0.1) is 6.92 Å². The molecule has 1 aliphatic carbocycles. The lowest BCUT2D eigenvalue weighted by atomic mass is 10.2. The van der Waals surface area contributed by atoms with Gasteiger partial charge in [0.2, 0.25) is 5.88 Å². The summed E-state index contributed by atoms with van der Waals surface area (Å²) in [6.45, 7) is 3.74. The van der Waals surface area contributed by atoms with Crippen molar-refractivity contribution in [1.82, 2.24) is 15.1 Å². The Morgan fingerprint density at radius 2 is 2.16 bits per heavy atom. The van der Waals surface area contributed by atoms with Gasteiger partial charge in [0.05, 0.1) is 5.69 Å². The fourth-order valence-corrected chi connectivity index (χ4v) is 2.60. The Balaban J connectivity index is 1.86. The van der Waals surface area contributed by atoms with E-state index in [1.807, 2.05) is 19.9 Å². The molecule has 6 nitrogen and oxygen atoms in total. The number of nitrogens with zero attached hydrogens (tertiary/aromatic N) is 2. The third-order valence-corrected chi connectivity index (χ3v) is 4.26. The van der Waals surface area contributed by atoms with Gasteiger partial charge in [0.15, 0.2) is 6.10 Å². The average Bonchev–Trinajstić information content (AvgIpc) is 3.40. The minimum absolute atomic E-state index is 0.150. The van der Waals surface area contributed by atoms with Gasteiger partial charge >= 0.3 is 0 Å². The van der Waals surface area contributed by atoms with Gasteiger partial charge in [0.1, 0.15) is 0 Å². The molecule has 1 saturated carbocycles. The van der Waals surface area contributed by atoms with E-state index in [4.69, 9.17) is 16.3 Å². The molecule has 25 heavy (non-hydrogen) atoms. The first-order chi connectivity index (χ1) is 12.0. The predicted octanol–water partition coefficient (Wildman–Crippen LogP) is 2.63. The molecular formula is C18H20ClN3O3. The molecule has 7 heteroatoms. The van der Waals surface area contributed by atoms with Gasteiger partial charge < -0.3 is 10.1 Å². The van der Waals surface area contributed by atoms with E-state index in [0.29, 0.717) is 17.1 Å². The van der Waals surface area contributed by atoms with Crippen LogP contribution in [-0.2, 0) is 4.79 Å². The summed E-state index contributed by atoms with van der Waals surface area (Å²) in [5.74, 6) is 0.0697. The fraction of sp³-hybridized carbons (Fsp3) is 0.389. The number of rotatable bonds is 6. The molecule has 0 spiro atoms. The lowest BCUT2D eigenvalue weighted by molar-refractivity contribution is -0.128. The van der Waals surface area contributed by atoms with E-state index < -0.39 is 6.10 Å². The van der Waals surface area contributed by atoms with Crippen LogP contribution in [0.15, 0.2) is 35.1 Å². The number of hydrogen-bond acceptors (Lipinski definition) is 4. The maximum absolute atomic E-state index is 12.2. The van der Waals surface area contributed by atoms with Gasteiger partial charge in [-0.05, 0) is 43.9 Å². The summed E-state index contributed by atoms with van der Waals surface area (Å²) in [6.07, 6.45) is 1.90. The highest BCUT2D eigenvalue weighted by atomic mass is 35.5. The van der Waals surface area contributed by atoms with Crippen LogP contribution in [-0.4, -0.2) is 27.8 Å². The summed E-state index contributed by atoms with van der Waals surface area (Å²) < 4.78 is 6.96. The zero-order valence-corrected chi connectivity index (χ0v) is 14.9. The Labute approximate surface area is 150 Å². The molecule has 1 aromatic heterocycles. The third-order valence-electron chi connectivity index (χ3n) is 4.03. The van der Waals surface area contributed by atoms with Crippen LogP contribution >= 0.6 is 11.6 Å². The minimum Gasteiger partial charge on any atom is -0.463 e. The summed E-state index contributed by atoms with van der Waals surface area (Å²) >= 11 is 6.03. The highest BCUT2D eigenvalue weighted by Gasteiger charge is 2.28. The van der Waals surface area contributed by atoms with Crippen molar-refractivity contribution >= 4 is 17.5 Å². The van der Waals surface area contributed by atoms with Crippen molar-refractivity contribution in [2.45, 2.75) is 45.3 Å². The summed E-state index contributed by atoms with van der Waals surface area (Å²) in [7, 11) is 0. The Kier molecular flexibility index (Phi) is 5.08. The number of aromatic nitrogens is 2. The Morgan fingerprint density at radius 1 is 1.40 bits per heavy atom. The first-order valence-corrected chi connectivity index (χ1v) is 8.69. The van der Waals surface area contributed by atoms with E-state index in [1.165, 1.54) is 16.8 Å². The highest BCUT2D eigenvalue weighted by Crippen LogP contribution is 2.20. The lowest BCUT2D eigenvalue weighted by Crippen LogP contribution is -2.39. The number of hydrogen-bond donors (Lipinski definition) is 1. The molecule has 132 valence electrons. The van der Waals surface area contributed by atoms with E-state index in [1.54, 1.807) is 12.1 Å². The molecule has 0 bridgehead atoms. The second-order valence-electron chi connectivity index (χ2n) is 6.15. The number of halogens is 1. The Bertz CT molecular complexity index is 846. The monoisotopic (exact) mass is 361 g/mol. The number of amides is 1. The molecule has 1 amide bonds. The molecule has 0 unspecified atom stereocenters. The highest BCUT2D eigenvalue weighted by molar-refractivity contribution is 6.30. The van der Waals surface area contributed by atoms with Gasteiger partial charge in [-0.15, -0.1) is 5.10 Å². The zero-order chi connectivity index (χ0) is 18.0. The summed E-state index contributed by atoms with van der Waals surface area (Å²) in [4.78, 5) is 24.4. The Hall–Kier alpha value is -2.34. The van der Waals surface area contributed by atoms with Crippen molar-refractivity contribution in [2.75, 3.05) is 0 Å². The standard InChI is InChI=1S/C18H20ClN3O3/c1-3-15(18(24)20-13-6-7-13)25-16-8-9-17(23)22(21-16)14-10-12(19)5-4-11(14)2/h4-5,8-10,13,15H,3,6-7H2,1-2H3,(H,20,24)/t15-/m0/s1. The third kappa shape index (κ3) is 4.20. The van der Waals surface area contributed by atoms with Gasteiger partial charge in [0.25, 0.3) is 11.5 Å². The molecule has 1 atom stereocenters. The molecule has 0 aliphatic heterocycles. The summed E-state index contributed by atoms with van der Waals surface area (Å²) in [6, 6.07) is 8.35. The molecule has 1 N–H and O–H groups in total.